The predicted molar refractivity (Wildman–Crippen MR) is 142 cm³/mol. The van der Waals surface area contributed by atoms with E-state index in [0.29, 0.717) is 48.3 Å². The number of hydrogen-bond acceptors (Lipinski definition) is 6. The van der Waals surface area contributed by atoms with Gasteiger partial charge in [-0.2, -0.15) is 5.26 Å². The Morgan fingerprint density at radius 2 is 1.73 bits per heavy atom. The van der Waals surface area contributed by atoms with Crippen molar-refractivity contribution in [1.29, 1.82) is 5.26 Å². The van der Waals surface area contributed by atoms with Gasteiger partial charge in [0.05, 0.1) is 6.07 Å². The summed E-state index contributed by atoms with van der Waals surface area (Å²) in [6, 6.07) is 12.8. The number of primary amides is 1. The third kappa shape index (κ3) is 4.83. The molecule has 0 radical (unpaired) electrons. The highest BCUT2D eigenvalue weighted by atomic mass is 16.4. The second kappa shape index (κ2) is 10.5. The summed E-state index contributed by atoms with van der Waals surface area (Å²) in [4.78, 5) is 27.1. The zero-order valence-electron chi connectivity index (χ0n) is 20.9. The molecule has 0 spiro atoms. The number of carboxylic acid groups (broad SMARTS) is 1. The first-order chi connectivity index (χ1) is 17.7. The summed E-state index contributed by atoms with van der Waals surface area (Å²) >= 11 is 0. The summed E-state index contributed by atoms with van der Waals surface area (Å²) < 4.78 is 0. The van der Waals surface area contributed by atoms with E-state index in [9.17, 15) is 20.0 Å². The van der Waals surface area contributed by atoms with Gasteiger partial charge in [-0.1, -0.05) is 31.4 Å². The van der Waals surface area contributed by atoms with Gasteiger partial charge in [0.25, 0.3) is 0 Å². The van der Waals surface area contributed by atoms with Crippen LogP contribution in [0.4, 0.5) is 0 Å². The van der Waals surface area contributed by atoms with Crippen LogP contribution in [0.2, 0.25) is 0 Å². The van der Waals surface area contributed by atoms with Crippen LogP contribution in [0, 0.1) is 11.3 Å². The average molecular weight is 500 g/mol. The summed E-state index contributed by atoms with van der Waals surface area (Å²) in [7, 11) is 0. The minimum atomic E-state index is -1.34. The summed E-state index contributed by atoms with van der Waals surface area (Å²) in [6.07, 6.45) is 3.21. The largest absolute Gasteiger partial charge is 0.480 e. The van der Waals surface area contributed by atoms with E-state index in [0.717, 1.165) is 41.8 Å². The van der Waals surface area contributed by atoms with Crippen LogP contribution in [-0.4, -0.2) is 47.6 Å². The highest BCUT2D eigenvalue weighted by molar-refractivity contribution is 5.94. The fraction of sp³-hybridized carbons (Fsp3) is 0.345. The molecule has 2 aromatic rings. The lowest BCUT2D eigenvalue weighted by Crippen LogP contribution is -2.41. The normalized spacial score (nSPS) is 20.3. The molecule has 2 aliphatic rings. The van der Waals surface area contributed by atoms with Crippen molar-refractivity contribution < 1.29 is 14.7 Å². The smallest absolute Gasteiger partial charge is 0.318 e. The topological polar surface area (TPSA) is 145 Å². The Balaban J connectivity index is 1.69. The third-order valence-electron chi connectivity index (χ3n) is 7.63. The molecule has 0 bridgehead atoms. The molecule has 1 fully saturated rings. The Labute approximate surface area is 217 Å². The van der Waals surface area contributed by atoms with Gasteiger partial charge in [-0.05, 0) is 84.7 Å². The van der Waals surface area contributed by atoms with Crippen LogP contribution in [0.25, 0.3) is 5.70 Å². The van der Waals surface area contributed by atoms with Crippen LogP contribution < -0.4 is 16.8 Å². The first-order valence-corrected chi connectivity index (χ1v) is 12.5. The minimum Gasteiger partial charge on any atom is -0.480 e. The monoisotopic (exact) mass is 499 g/mol. The van der Waals surface area contributed by atoms with E-state index in [4.69, 9.17) is 11.5 Å². The van der Waals surface area contributed by atoms with Crippen molar-refractivity contribution in [2.75, 3.05) is 19.6 Å². The highest BCUT2D eigenvalue weighted by Gasteiger charge is 2.46. The molecule has 2 atom stereocenters. The molecule has 0 saturated carbocycles. The summed E-state index contributed by atoms with van der Waals surface area (Å²) in [5, 5.41) is 23.5. The molecule has 1 heterocycles. The maximum absolute atomic E-state index is 13.2. The van der Waals surface area contributed by atoms with Crippen molar-refractivity contribution in [3.63, 3.8) is 0 Å². The fourth-order valence-electron chi connectivity index (χ4n) is 5.70. The molecule has 6 N–H and O–H groups in total. The fourth-order valence-corrected chi connectivity index (χ4v) is 5.70. The number of aliphatic carboxylic acids is 1. The maximum atomic E-state index is 13.2. The number of carboxylic acids is 1. The molecule has 1 aliphatic heterocycles. The second-order valence-corrected chi connectivity index (χ2v) is 9.82. The summed E-state index contributed by atoms with van der Waals surface area (Å²) in [5.41, 5.74) is 15.5. The number of carbonyl (C=O) groups is 2. The van der Waals surface area contributed by atoms with Crippen LogP contribution in [0.1, 0.15) is 57.4 Å². The summed E-state index contributed by atoms with van der Waals surface area (Å²) in [6.45, 7) is 9.63. The number of nitrogens with two attached hydrogens (primary N) is 2. The van der Waals surface area contributed by atoms with Crippen LogP contribution >= 0.6 is 0 Å². The van der Waals surface area contributed by atoms with Crippen molar-refractivity contribution in [3.05, 3.63) is 88.6 Å². The highest BCUT2D eigenvalue weighted by Crippen LogP contribution is 2.43. The van der Waals surface area contributed by atoms with E-state index in [1.807, 2.05) is 23.1 Å². The van der Waals surface area contributed by atoms with E-state index in [1.165, 1.54) is 0 Å². The van der Waals surface area contributed by atoms with E-state index in [2.05, 4.69) is 24.5 Å². The quantitative estimate of drug-likeness (QED) is 0.388. The number of fused-ring (bicyclic) bond motifs is 2. The first-order valence-electron chi connectivity index (χ1n) is 12.5. The Morgan fingerprint density at radius 3 is 2.30 bits per heavy atom. The molecule has 37 heavy (non-hydrogen) atoms. The zero-order valence-corrected chi connectivity index (χ0v) is 20.9. The zero-order chi connectivity index (χ0) is 26.7. The number of hydrogen-bond donors (Lipinski definition) is 4. The van der Waals surface area contributed by atoms with Crippen molar-refractivity contribution in [2.24, 2.45) is 11.5 Å². The maximum Gasteiger partial charge on any atom is 0.318 e. The van der Waals surface area contributed by atoms with Crippen molar-refractivity contribution in [2.45, 2.75) is 43.6 Å². The number of benzene rings is 2. The van der Waals surface area contributed by atoms with Crippen LogP contribution in [0.5, 0.6) is 0 Å². The Bertz CT molecular complexity index is 1240. The first kappa shape index (κ1) is 26.0. The molecule has 8 heteroatoms. The van der Waals surface area contributed by atoms with Gasteiger partial charge in [-0.15, -0.1) is 0 Å². The van der Waals surface area contributed by atoms with E-state index >= 15 is 0 Å². The van der Waals surface area contributed by atoms with Gasteiger partial charge in [-0.25, -0.2) is 0 Å². The molecular formula is C29H33N5O3. The van der Waals surface area contributed by atoms with E-state index < -0.39 is 17.3 Å². The van der Waals surface area contributed by atoms with Crippen molar-refractivity contribution in [1.82, 2.24) is 10.2 Å². The van der Waals surface area contributed by atoms with Gasteiger partial charge in [0.15, 0.2) is 0 Å². The number of aryl methyl sites for hydroxylation is 2. The number of nitrogens with one attached hydrogen (secondary N) is 1. The Hall–Kier alpha value is -4.09. The Morgan fingerprint density at radius 1 is 1.11 bits per heavy atom. The lowest BCUT2D eigenvalue weighted by molar-refractivity contribution is -0.142. The third-order valence-corrected chi connectivity index (χ3v) is 7.63. The lowest BCUT2D eigenvalue weighted by atomic mass is 9.69. The number of nitriles is 1. The van der Waals surface area contributed by atoms with Gasteiger partial charge in [0.1, 0.15) is 11.5 Å². The Kier molecular flexibility index (Phi) is 7.37. The molecule has 2 unspecified atom stereocenters. The lowest BCUT2D eigenvalue weighted by Gasteiger charge is -2.33. The molecule has 0 aromatic heterocycles. The van der Waals surface area contributed by atoms with E-state index in [-0.39, 0.29) is 12.5 Å². The van der Waals surface area contributed by atoms with Crippen LogP contribution in [0.3, 0.4) is 0 Å². The van der Waals surface area contributed by atoms with Crippen molar-refractivity contribution >= 4 is 17.6 Å². The van der Waals surface area contributed by atoms with Gasteiger partial charge in [-0.3, -0.25) is 9.59 Å². The standard InChI is InChI=1S/C29H33N5O3/c1-18(34-13-3-4-24(34)16-30)17-33-12-11-29(28(36)37)25-9-7-20(19(2)31)14-21(25)5-6-22-15-23(27(32)35)8-10-26(22)29/h7-10,14-15,24,33H,1-6,11-13,17,31H2,(H2,32,35)(H,36,37). The SMILES string of the molecule is C=C(N)c1ccc2c(c1)CCc1cc(C(N)=O)ccc1C2(CCNCC(=C)N1CCCC1C#N)C(=O)O. The van der Waals surface area contributed by atoms with Gasteiger partial charge in [0.2, 0.25) is 5.91 Å². The van der Waals surface area contributed by atoms with Crippen LogP contribution in [-0.2, 0) is 23.1 Å². The number of nitrogens with zero attached hydrogens (tertiary/aromatic N) is 2. The van der Waals surface area contributed by atoms with Gasteiger partial charge in [0, 0.05) is 30.0 Å². The van der Waals surface area contributed by atoms with Gasteiger partial charge >= 0.3 is 5.97 Å². The number of carbonyl (C=O) groups excluding carboxylic acids is 1. The van der Waals surface area contributed by atoms with E-state index in [1.54, 1.807) is 18.2 Å². The molecule has 8 nitrogen and oxygen atoms in total. The molecule has 1 aliphatic carbocycles. The number of likely N-dealkylation sites (tertiary alicyclic amines) is 1. The molecule has 1 amide bonds. The second-order valence-electron chi connectivity index (χ2n) is 9.82. The molecular weight excluding hydrogens is 466 g/mol. The van der Waals surface area contributed by atoms with Crippen molar-refractivity contribution in [3.8, 4) is 6.07 Å². The van der Waals surface area contributed by atoms with Crippen LogP contribution in [0.15, 0.2) is 55.3 Å². The summed E-state index contributed by atoms with van der Waals surface area (Å²) in [5.74, 6) is -1.52. The molecule has 2 aromatic carbocycles. The number of rotatable bonds is 9. The molecule has 4 rings (SSSR count). The number of amides is 1. The predicted octanol–water partition coefficient (Wildman–Crippen LogP) is 2.67. The van der Waals surface area contributed by atoms with Gasteiger partial charge < -0.3 is 26.8 Å². The minimum absolute atomic E-state index is 0.161. The molecule has 192 valence electrons. The molecule has 1 saturated heterocycles. The average Bonchev–Trinajstić information content (AvgIpc) is 3.31.